The SMILES string of the molecule is Cc1ccc2c(c1)cc(-c1ccc(F)cc1)n2C. The molecule has 90 valence electrons. The zero-order valence-corrected chi connectivity index (χ0v) is 10.4. The molecule has 0 N–H and O–H groups in total. The van der Waals surface area contributed by atoms with E-state index in [0.29, 0.717) is 0 Å². The number of benzene rings is 2. The molecular formula is C16H14FN. The van der Waals surface area contributed by atoms with Gasteiger partial charge in [0.1, 0.15) is 5.82 Å². The van der Waals surface area contributed by atoms with Crippen LogP contribution >= 0.6 is 0 Å². The van der Waals surface area contributed by atoms with Crippen LogP contribution in [0.4, 0.5) is 4.39 Å². The lowest BCUT2D eigenvalue weighted by Crippen LogP contribution is -1.91. The number of nitrogens with zero attached hydrogens (tertiary/aromatic N) is 1. The Hall–Kier alpha value is -2.09. The number of fused-ring (bicyclic) bond motifs is 1. The number of aromatic nitrogens is 1. The van der Waals surface area contributed by atoms with Crippen molar-refractivity contribution in [2.75, 3.05) is 0 Å². The molecule has 0 bridgehead atoms. The highest BCUT2D eigenvalue weighted by Crippen LogP contribution is 2.27. The van der Waals surface area contributed by atoms with E-state index < -0.39 is 0 Å². The molecule has 1 heterocycles. The van der Waals surface area contributed by atoms with Gasteiger partial charge in [-0.1, -0.05) is 11.6 Å². The number of hydrogen-bond acceptors (Lipinski definition) is 0. The Morgan fingerprint density at radius 3 is 2.39 bits per heavy atom. The second-order valence-electron chi connectivity index (χ2n) is 4.66. The van der Waals surface area contributed by atoms with Gasteiger partial charge < -0.3 is 4.57 Å². The fourth-order valence-corrected chi connectivity index (χ4v) is 2.37. The molecule has 0 atom stereocenters. The molecule has 0 amide bonds. The summed E-state index contributed by atoms with van der Waals surface area (Å²) in [7, 11) is 2.04. The topological polar surface area (TPSA) is 4.93 Å². The Labute approximate surface area is 105 Å². The van der Waals surface area contributed by atoms with Crippen LogP contribution in [0, 0.1) is 12.7 Å². The Balaban J connectivity index is 2.23. The van der Waals surface area contributed by atoms with Crippen LogP contribution < -0.4 is 0 Å². The number of rotatable bonds is 1. The molecule has 0 saturated heterocycles. The maximum Gasteiger partial charge on any atom is 0.123 e. The molecule has 2 aromatic carbocycles. The summed E-state index contributed by atoms with van der Waals surface area (Å²) in [4.78, 5) is 0. The minimum absolute atomic E-state index is 0.201. The lowest BCUT2D eigenvalue weighted by Gasteiger charge is -2.04. The van der Waals surface area contributed by atoms with Gasteiger partial charge in [-0.05, 0) is 55.0 Å². The Kier molecular flexibility index (Phi) is 2.44. The molecule has 0 unspecified atom stereocenters. The van der Waals surface area contributed by atoms with Gasteiger partial charge in [0, 0.05) is 23.6 Å². The number of halogens is 1. The summed E-state index contributed by atoms with van der Waals surface area (Å²) < 4.78 is 15.1. The average Bonchev–Trinajstić information content (AvgIpc) is 2.67. The van der Waals surface area contributed by atoms with Gasteiger partial charge >= 0.3 is 0 Å². The molecule has 18 heavy (non-hydrogen) atoms. The van der Waals surface area contributed by atoms with E-state index in [2.05, 4.69) is 35.8 Å². The summed E-state index contributed by atoms with van der Waals surface area (Å²) in [6.45, 7) is 2.09. The van der Waals surface area contributed by atoms with Crippen molar-refractivity contribution in [2.24, 2.45) is 7.05 Å². The largest absolute Gasteiger partial charge is 0.344 e. The van der Waals surface area contributed by atoms with Crippen LogP contribution in [0.5, 0.6) is 0 Å². The van der Waals surface area contributed by atoms with Crippen molar-refractivity contribution in [1.82, 2.24) is 4.57 Å². The molecular weight excluding hydrogens is 225 g/mol. The Morgan fingerprint density at radius 1 is 0.944 bits per heavy atom. The molecule has 0 aliphatic carbocycles. The van der Waals surface area contributed by atoms with E-state index in [1.165, 1.54) is 28.6 Å². The standard InChI is InChI=1S/C16H14FN/c1-11-3-8-15-13(9-11)10-16(18(15)2)12-4-6-14(17)7-5-12/h3-10H,1-2H3. The van der Waals surface area contributed by atoms with E-state index >= 15 is 0 Å². The smallest absolute Gasteiger partial charge is 0.123 e. The first-order chi connectivity index (χ1) is 8.65. The Morgan fingerprint density at radius 2 is 1.67 bits per heavy atom. The quantitative estimate of drug-likeness (QED) is 0.597. The third-order valence-electron chi connectivity index (χ3n) is 3.34. The summed E-state index contributed by atoms with van der Waals surface area (Å²) in [5.41, 5.74) is 4.59. The lowest BCUT2D eigenvalue weighted by atomic mass is 10.1. The van der Waals surface area contributed by atoms with Crippen LogP contribution in [0.2, 0.25) is 0 Å². The van der Waals surface area contributed by atoms with Crippen LogP contribution in [0.1, 0.15) is 5.56 Å². The van der Waals surface area contributed by atoms with Crippen molar-refractivity contribution in [2.45, 2.75) is 6.92 Å². The summed E-state index contributed by atoms with van der Waals surface area (Å²) >= 11 is 0. The second kappa shape index (κ2) is 3.98. The molecule has 2 heteroatoms. The molecule has 1 aromatic heterocycles. The van der Waals surface area contributed by atoms with Gasteiger partial charge in [0.05, 0.1) is 0 Å². The van der Waals surface area contributed by atoms with Crippen molar-refractivity contribution in [3.63, 3.8) is 0 Å². The van der Waals surface area contributed by atoms with Crippen LogP contribution in [-0.4, -0.2) is 4.57 Å². The summed E-state index contributed by atoms with van der Waals surface area (Å²) in [5.74, 6) is -0.201. The zero-order valence-electron chi connectivity index (χ0n) is 10.4. The van der Waals surface area contributed by atoms with Crippen molar-refractivity contribution >= 4 is 10.9 Å². The maximum absolute atomic E-state index is 13.0. The second-order valence-corrected chi connectivity index (χ2v) is 4.66. The van der Waals surface area contributed by atoms with Gasteiger partial charge in [-0.2, -0.15) is 0 Å². The molecule has 0 radical (unpaired) electrons. The predicted molar refractivity (Wildman–Crippen MR) is 73.1 cm³/mol. The zero-order chi connectivity index (χ0) is 12.7. The molecule has 3 rings (SSSR count). The molecule has 0 saturated carbocycles. The molecule has 0 aliphatic rings. The minimum atomic E-state index is -0.201. The van der Waals surface area contributed by atoms with E-state index in [4.69, 9.17) is 0 Å². The highest BCUT2D eigenvalue weighted by atomic mass is 19.1. The van der Waals surface area contributed by atoms with Crippen LogP contribution in [0.3, 0.4) is 0 Å². The van der Waals surface area contributed by atoms with Crippen LogP contribution in [0.15, 0.2) is 48.5 Å². The van der Waals surface area contributed by atoms with E-state index in [1.807, 2.05) is 19.2 Å². The van der Waals surface area contributed by atoms with Crippen LogP contribution in [0.25, 0.3) is 22.2 Å². The summed E-state index contributed by atoms with van der Waals surface area (Å²) in [6, 6.07) is 15.2. The van der Waals surface area contributed by atoms with Crippen molar-refractivity contribution in [1.29, 1.82) is 0 Å². The molecule has 1 nitrogen and oxygen atoms in total. The summed E-state index contributed by atoms with van der Waals surface area (Å²) in [5, 5.41) is 1.22. The van der Waals surface area contributed by atoms with Crippen molar-refractivity contribution < 1.29 is 4.39 Å². The fourth-order valence-electron chi connectivity index (χ4n) is 2.37. The third kappa shape index (κ3) is 1.70. The van der Waals surface area contributed by atoms with Gasteiger partial charge in [0.15, 0.2) is 0 Å². The Bertz CT molecular complexity index is 708. The lowest BCUT2D eigenvalue weighted by molar-refractivity contribution is 0.628. The van der Waals surface area contributed by atoms with Crippen molar-refractivity contribution in [3.05, 3.63) is 59.9 Å². The van der Waals surface area contributed by atoms with E-state index in [1.54, 1.807) is 0 Å². The monoisotopic (exact) mass is 239 g/mol. The van der Waals surface area contributed by atoms with E-state index in [-0.39, 0.29) is 5.82 Å². The molecule has 0 aliphatic heterocycles. The average molecular weight is 239 g/mol. The van der Waals surface area contributed by atoms with Gasteiger partial charge in [-0.25, -0.2) is 4.39 Å². The van der Waals surface area contributed by atoms with Gasteiger partial charge in [0.25, 0.3) is 0 Å². The highest BCUT2D eigenvalue weighted by molar-refractivity contribution is 5.87. The predicted octanol–water partition coefficient (Wildman–Crippen LogP) is 4.29. The number of aryl methyl sites for hydroxylation is 2. The first-order valence-corrected chi connectivity index (χ1v) is 5.97. The normalized spacial score (nSPS) is 11.1. The number of hydrogen-bond donors (Lipinski definition) is 0. The fraction of sp³-hybridized carbons (Fsp3) is 0.125. The minimum Gasteiger partial charge on any atom is -0.344 e. The molecule has 0 spiro atoms. The highest BCUT2D eigenvalue weighted by Gasteiger charge is 2.07. The first-order valence-electron chi connectivity index (χ1n) is 5.97. The first kappa shape index (κ1) is 11.0. The van der Waals surface area contributed by atoms with Crippen LogP contribution in [-0.2, 0) is 7.05 Å². The molecule has 3 aromatic rings. The van der Waals surface area contributed by atoms with E-state index in [9.17, 15) is 4.39 Å². The van der Waals surface area contributed by atoms with Gasteiger partial charge in [-0.3, -0.25) is 0 Å². The third-order valence-corrected chi connectivity index (χ3v) is 3.34. The summed E-state index contributed by atoms with van der Waals surface area (Å²) in [6.07, 6.45) is 0. The van der Waals surface area contributed by atoms with Crippen molar-refractivity contribution in [3.8, 4) is 11.3 Å². The van der Waals surface area contributed by atoms with E-state index in [0.717, 1.165) is 11.3 Å². The van der Waals surface area contributed by atoms with Gasteiger partial charge in [-0.15, -0.1) is 0 Å². The van der Waals surface area contributed by atoms with Gasteiger partial charge in [0.2, 0.25) is 0 Å². The molecule has 0 fully saturated rings. The maximum atomic E-state index is 13.0.